The highest BCUT2D eigenvalue weighted by molar-refractivity contribution is 5.94. The van der Waals surface area contributed by atoms with Crippen LogP contribution in [-0.2, 0) is 0 Å². The van der Waals surface area contributed by atoms with Gasteiger partial charge in [0.05, 0.1) is 4.92 Å². The number of nitrogens with one attached hydrogen (secondary N) is 1. The topological polar surface area (TPSA) is 72.2 Å². The molecule has 0 radical (unpaired) electrons. The van der Waals surface area contributed by atoms with E-state index in [4.69, 9.17) is 0 Å². The summed E-state index contributed by atoms with van der Waals surface area (Å²) in [6.45, 7) is 3.84. The van der Waals surface area contributed by atoms with Crippen molar-refractivity contribution >= 4 is 11.6 Å². The van der Waals surface area contributed by atoms with E-state index in [0.717, 1.165) is 6.42 Å². The molecule has 16 heavy (non-hydrogen) atoms. The number of carbonyl (C=O) groups excluding carboxylic acids is 1. The van der Waals surface area contributed by atoms with Crippen molar-refractivity contribution in [1.29, 1.82) is 0 Å². The van der Waals surface area contributed by atoms with E-state index in [0.29, 0.717) is 5.56 Å². The second-order valence-electron chi connectivity index (χ2n) is 3.59. The van der Waals surface area contributed by atoms with Gasteiger partial charge < -0.3 is 5.32 Å². The Morgan fingerprint density at radius 2 is 2.25 bits per heavy atom. The smallest absolute Gasteiger partial charge is 0.270 e. The van der Waals surface area contributed by atoms with E-state index in [1.807, 2.05) is 13.8 Å². The lowest BCUT2D eigenvalue weighted by Gasteiger charge is -2.10. The Hall–Kier alpha value is -1.91. The molecule has 0 heterocycles. The third-order valence-corrected chi connectivity index (χ3v) is 2.31. The number of hydrogen-bond donors (Lipinski definition) is 1. The van der Waals surface area contributed by atoms with Crippen LogP contribution in [0, 0.1) is 10.1 Å². The van der Waals surface area contributed by atoms with Crippen LogP contribution in [0.4, 0.5) is 5.69 Å². The Bertz CT molecular complexity index is 404. The summed E-state index contributed by atoms with van der Waals surface area (Å²) in [5.74, 6) is -0.280. The van der Waals surface area contributed by atoms with E-state index in [9.17, 15) is 14.9 Å². The molecule has 0 spiro atoms. The third-order valence-electron chi connectivity index (χ3n) is 2.31. The van der Waals surface area contributed by atoms with Gasteiger partial charge in [0.25, 0.3) is 11.6 Å². The second kappa shape index (κ2) is 5.25. The Morgan fingerprint density at radius 1 is 1.56 bits per heavy atom. The van der Waals surface area contributed by atoms with Crippen LogP contribution in [0.3, 0.4) is 0 Å². The van der Waals surface area contributed by atoms with E-state index in [-0.39, 0.29) is 17.6 Å². The molecule has 1 N–H and O–H groups in total. The van der Waals surface area contributed by atoms with Crippen molar-refractivity contribution in [3.05, 3.63) is 39.9 Å². The van der Waals surface area contributed by atoms with Gasteiger partial charge in [0.2, 0.25) is 0 Å². The molecule has 1 amide bonds. The standard InChI is InChI=1S/C11H14N2O3/c1-3-8(2)12-11(14)9-5-4-6-10(7-9)13(15)16/h4-8H,3H2,1-2H3,(H,12,14). The first-order valence-corrected chi connectivity index (χ1v) is 5.10. The number of nitro benzene ring substituents is 1. The van der Waals surface area contributed by atoms with E-state index in [1.165, 1.54) is 18.2 Å². The van der Waals surface area contributed by atoms with Crippen LogP contribution in [0.5, 0.6) is 0 Å². The lowest BCUT2D eigenvalue weighted by molar-refractivity contribution is -0.384. The van der Waals surface area contributed by atoms with Crippen molar-refractivity contribution in [2.24, 2.45) is 0 Å². The summed E-state index contributed by atoms with van der Waals surface area (Å²) in [5, 5.41) is 13.3. The maximum atomic E-state index is 11.7. The normalized spacial score (nSPS) is 11.9. The molecule has 5 heteroatoms. The number of nitrogens with zero attached hydrogens (tertiary/aromatic N) is 1. The lowest BCUT2D eigenvalue weighted by atomic mass is 10.1. The van der Waals surface area contributed by atoms with Gasteiger partial charge >= 0.3 is 0 Å². The molecule has 0 aliphatic carbocycles. The van der Waals surface area contributed by atoms with Crippen molar-refractivity contribution in [2.45, 2.75) is 26.3 Å². The van der Waals surface area contributed by atoms with E-state index in [2.05, 4.69) is 5.32 Å². The van der Waals surface area contributed by atoms with Crippen molar-refractivity contribution in [2.75, 3.05) is 0 Å². The number of amides is 1. The van der Waals surface area contributed by atoms with E-state index < -0.39 is 4.92 Å². The summed E-state index contributed by atoms with van der Waals surface area (Å²) in [6, 6.07) is 5.76. The zero-order valence-corrected chi connectivity index (χ0v) is 9.27. The van der Waals surface area contributed by atoms with Crippen LogP contribution in [0.2, 0.25) is 0 Å². The molecule has 0 fully saturated rings. The molecule has 0 saturated heterocycles. The average Bonchev–Trinajstić information content (AvgIpc) is 2.28. The molecule has 1 rings (SSSR count). The summed E-state index contributed by atoms with van der Waals surface area (Å²) >= 11 is 0. The van der Waals surface area contributed by atoms with Gasteiger partial charge in [-0.15, -0.1) is 0 Å². The lowest BCUT2D eigenvalue weighted by Crippen LogP contribution is -2.31. The van der Waals surface area contributed by atoms with Gasteiger partial charge in [-0.25, -0.2) is 0 Å². The zero-order valence-electron chi connectivity index (χ0n) is 9.27. The predicted octanol–water partition coefficient (Wildman–Crippen LogP) is 2.12. The van der Waals surface area contributed by atoms with Crippen LogP contribution in [0.25, 0.3) is 0 Å². The monoisotopic (exact) mass is 222 g/mol. The number of hydrogen-bond acceptors (Lipinski definition) is 3. The van der Waals surface area contributed by atoms with E-state index in [1.54, 1.807) is 6.07 Å². The van der Waals surface area contributed by atoms with Gasteiger partial charge in [-0.2, -0.15) is 0 Å². The first-order valence-electron chi connectivity index (χ1n) is 5.10. The predicted molar refractivity (Wildman–Crippen MR) is 60.3 cm³/mol. The highest BCUT2D eigenvalue weighted by Crippen LogP contribution is 2.13. The minimum atomic E-state index is -0.514. The number of carbonyl (C=O) groups is 1. The molecular weight excluding hydrogens is 208 g/mol. The molecule has 0 bridgehead atoms. The molecule has 0 aliphatic rings. The fourth-order valence-corrected chi connectivity index (χ4v) is 1.17. The summed E-state index contributed by atoms with van der Waals surface area (Å²) in [4.78, 5) is 21.7. The van der Waals surface area contributed by atoms with Gasteiger partial charge in [-0.3, -0.25) is 14.9 Å². The SMILES string of the molecule is CCC(C)NC(=O)c1cccc([N+](=O)[O-])c1. The van der Waals surface area contributed by atoms with Gasteiger partial charge in [-0.05, 0) is 19.4 Å². The number of nitro groups is 1. The molecule has 5 nitrogen and oxygen atoms in total. The molecule has 1 aromatic carbocycles. The van der Waals surface area contributed by atoms with Crippen LogP contribution < -0.4 is 5.32 Å². The number of rotatable bonds is 4. The number of non-ortho nitro benzene ring substituents is 1. The highest BCUT2D eigenvalue weighted by Gasteiger charge is 2.12. The third kappa shape index (κ3) is 3.05. The summed E-state index contributed by atoms with van der Waals surface area (Å²) < 4.78 is 0. The van der Waals surface area contributed by atoms with E-state index >= 15 is 0 Å². The Kier molecular flexibility index (Phi) is 3.99. The molecule has 1 aromatic rings. The minimum Gasteiger partial charge on any atom is -0.350 e. The highest BCUT2D eigenvalue weighted by atomic mass is 16.6. The molecule has 1 atom stereocenters. The minimum absolute atomic E-state index is 0.0618. The van der Waals surface area contributed by atoms with Crippen molar-refractivity contribution < 1.29 is 9.72 Å². The van der Waals surface area contributed by atoms with Crippen LogP contribution in [0.15, 0.2) is 24.3 Å². The molecule has 0 aromatic heterocycles. The Morgan fingerprint density at radius 3 is 2.81 bits per heavy atom. The fourth-order valence-electron chi connectivity index (χ4n) is 1.17. The molecule has 86 valence electrons. The van der Waals surface area contributed by atoms with Gasteiger partial charge in [0.1, 0.15) is 0 Å². The summed E-state index contributed by atoms with van der Waals surface area (Å²) in [7, 11) is 0. The van der Waals surface area contributed by atoms with Crippen molar-refractivity contribution in [3.63, 3.8) is 0 Å². The maximum absolute atomic E-state index is 11.7. The average molecular weight is 222 g/mol. The van der Waals surface area contributed by atoms with Gasteiger partial charge in [0.15, 0.2) is 0 Å². The molecule has 1 unspecified atom stereocenters. The Labute approximate surface area is 93.6 Å². The second-order valence-corrected chi connectivity index (χ2v) is 3.59. The number of benzene rings is 1. The van der Waals surface area contributed by atoms with Crippen LogP contribution >= 0.6 is 0 Å². The first-order chi connectivity index (χ1) is 7.54. The summed E-state index contributed by atoms with van der Waals surface area (Å²) in [5.41, 5.74) is 0.242. The summed E-state index contributed by atoms with van der Waals surface area (Å²) in [6.07, 6.45) is 0.820. The van der Waals surface area contributed by atoms with Crippen LogP contribution in [-0.4, -0.2) is 16.9 Å². The quantitative estimate of drug-likeness (QED) is 0.626. The molecule has 0 saturated carbocycles. The first kappa shape index (κ1) is 12.2. The van der Waals surface area contributed by atoms with Gasteiger partial charge in [-0.1, -0.05) is 13.0 Å². The van der Waals surface area contributed by atoms with Gasteiger partial charge in [0, 0.05) is 23.7 Å². The maximum Gasteiger partial charge on any atom is 0.270 e. The van der Waals surface area contributed by atoms with Crippen molar-refractivity contribution in [1.82, 2.24) is 5.32 Å². The molecular formula is C11H14N2O3. The van der Waals surface area contributed by atoms with Crippen molar-refractivity contribution in [3.8, 4) is 0 Å². The fraction of sp³-hybridized carbons (Fsp3) is 0.364. The molecule has 0 aliphatic heterocycles. The Balaban J connectivity index is 2.83. The van der Waals surface area contributed by atoms with Crippen LogP contribution in [0.1, 0.15) is 30.6 Å². The largest absolute Gasteiger partial charge is 0.350 e. The zero-order chi connectivity index (χ0) is 12.1.